The second-order valence-corrected chi connectivity index (χ2v) is 3.93. The van der Waals surface area contributed by atoms with E-state index in [-0.39, 0.29) is 0 Å². The molecular weight excluding hydrogens is 136 g/mol. The highest BCUT2D eigenvalue weighted by Gasteiger charge is 2.35. The van der Waals surface area contributed by atoms with Gasteiger partial charge in [-0.2, -0.15) is 0 Å². The SMILES string of the molecule is CC(CN)N=CCC1(C)CC1. The molecule has 0 aliphatic heterocycles. The van der Waals surface area contributed by atoms with Gasteiger partial charge in [-0.25, -0.2) is 0 Å². The first-order chi connectivity index (χ1) is 5.16. The Hall–Kier alpha value is -0.370. The third kappa shape index (κ3) is 3.02. The summed E-state index contributed by atoms with van der Waals surface area (Å²) in [6.45, 7) is 5.02. The molecule has 2 heteroatoms. The van der Waals surface area contributed by atoms with Crippen LogP contribution in [0.1, 0.15) is 33.1 Å². The standard InChI is InChI=1S/C9H18N2/c1-8(7-10)11-6-5-9(2)3-4-9/h6,8H,3-5,7,10H2,1-2H3. The van der Waals surface area contributed by atoms with Gasteiger partial charge in [0.2, 0.25) is 0 Å². The van der Waals surface area contributed by atoms with E-state index in [1.54, 1.807) is 0 Å². The van der Waals surface area contributed by atoms with Crippen molar-refractivity contribution in [2.24, 2.45) is 16.1 Å². The summed E-state index contributed by atoms with van der Waals surface area (Å²) >= 11 is 0. The number of nitrogens with two attached hydrogens (primary N) is 1. The summed E-state index contributed by atoms with van der Waals surface area (Å²) in [5.41, 5.74) is 6.02. The van der Waals surface area contributed by atoms with E-state index in [4.69, 9.17) is 5.73 Å². The van der Waals surface area contributed by atoms with E-state index in [9.17, 15) is 0 Å². The van der Waals surface area contributed by atoms with Gasteiger partial charge in [-0.15, -0.1) is 0 Å². The lowest BCUT2D eigenvalue weighted by molar-refractivity contribution is 0.605. The average molecular weight is 154 g/mol. The van der Waals surface area contributed by atoms with Crippen LogP contribution in [-0.2, 0) is 0 Å². The van der Waals surface area contributed by atoms with Crippen molar-refractivity contribution < 1.29 is 0 Å². The zero-order chi connectivity index (χ0) is 8.32. The predicted molar refractivity (Wildman–Crippen MR) is 49.0 cm³/mol. The van der Waals surface area contributed by atoms with Crippen molar-refractivity contribution in [1.29, 1.82) is 0 Å². The van der Waals surface area contributed by atoms with Gasteiger partial charge in [0.1, 0.15) is 0 Å². The second-order valence-electron chi connectivity index (χ2n) is 3.93. The Bertz CT molecular complexity index is 148. The van der Waals surface area contributed by atoms with Gasteiger partial charge in [0, 0.05) is 6.54 Å². The fourth-order valence-electron chi connectivity index (χ4n) is 0.931. The van der Waals surface area contributed by atoms with Crippen LogP contribution in [0.15, 0.2) is 4.99 Å². The molecule has 1 fully saturated rings. The summed E-state index contributed by atoms with van der Waals surface area (Å²) in [5.74, 6) is 0. The molecule has 0 bridgehead atoms. The largest absolute Gasteiger partial charge is 0.328 e. The fourth-order valence-corrected chi connectivity index (χ4v) is 0.931. The molecule has 0 amide bonds. The molecule has 11 heavy (non-hydrogen) atoms. The van der Waals surface area contributed by atoms with Crippen molar-refractivity contribution >= 4 is 6.21 Å². The van der Waals surface area contributed by atoms with E-state index in [1.807, 2.05) is 13.1 Å². The van der Waals surface area contributed by atoms with Crippen molar-refractivity contribution in [3.63, 3.8) is 0 Å². The van der Waals surface area contributed by atoms with Crippen LogP contribution in [0.2, 0.25) is 0 Å². The number of hydrogen-bond acceptors (Lipinski definition) is 2. The molecule has 0 aromatic heterocycles. The van der Waals surface area contributed by atoms with E-state index >= 15 is 0 Å². The van der Waals surface area contributed by atoms with Crippen LogP contribution in [0.3, 0.4) is 0 Å². The van der Waals surface area contributed by atoms with Gasteiger partial charge in [0.15, 0.2) is 0 Å². The van der Waals surface area contributed by atoms with Crippen molar-refractivity contribution in [2.45, 2.75) is 39.2 Å². The first-order valence-corrected chi connectivity index (χ1v) is 4.38. The average Bonchev–Trinajstić information content (AvgIpc) is 2.68. The minimum absolute atomic E-state index is 0.303. The van der Waals surface area contributed by atoms with Crippen molar-refractivity contribution in [3.05, 3.63) is 0 Å². The summed E-state index contributed by atoms with van der Waals surface area (Å²) in [4.78, 5) is 4.32. The molecular formula is C9H18N2. The Morgan fingerprint density at radius 1 is 1.64 bits per heavy atom. The maximum Gasteiger partial charge on any atom is 0.0589 e. The minimum atomic E-state index is 0.303. The topological polar surface area (TPSA) is 38.4 Å². The van der Waals surface area contributed by atoms with Gasteiger partial charge in [-0.1, -0.05) is 6.92 Å². The smallest absolute Gasteiger partial charge is 0.0589 e. The predicted octanol–water partition coefficient (Wildman–Crippen LogP) is 1.59. The normalized spacial score (nSPS) is 23.9. The van der Waals surface area contributed by atoms with E-state index < -0.39 is 0 Å². The molecule has 0 saturated heterocycles. The second kappa shape index (κ2) is 3.35. The van der Waals surface area contributed by atoms with E-state index in [0.29, 0.717) is 18.0 Å². The quantitative estimate of drug-likeness (QED) is 0.614. The zero-order valence-corrected chi connectivity index (χ0v) is 7.51. The van der Waals surface area contributed by atoms with Gasteiger partial charge in [-0.05, 0) is 37.8 Å². The minimum Gasteiger partial charge on any atom is -0.328 e. The Labute approximate surface area is 68.9 Å². The lowest BCUT2D eigenvalue weighted by Gasteiger charge is -2.03. The van der Waals surface area contributed by atoms with E-state index in [0.717, 1.165) is 6.42 Å². The number of hydrogen-bond donors (Lipinski definition) is 1. The van der Waals surface area contributed by atoms with Gasteiger partial charge in [0.05, 0.1) is 6.04 Å². The highest BCUT2D eigenvalue weighted by Crippen LogP contribution is 2.47. The first-order valence-electron chi connectivity index (χ1n) is 4.38. The number of aliphatic imine (C=N–C) groups is 1. The maximum atomic E-state index is 5.42. The highest BCUT2D eigenvalue weighted by atomic mass is 14.8. The van der Waals surface area contributed by atoms with Crippen molar-refractivity contribution in [1.82, 2.24) is 0 Å². The summed E-state index contributed by atoms with van der Waals surface area (Å²) in [6.07, 6.45) is 5.92. The van der Waals surface area contributed by atoms with E-state index in [1.165, 1.54) is 12.8 Å². The molecule has 64 valence electrons. The zero-order valence-electron chi connectivity index (χ0n) is 7.51. The molecule has 1 unspecified atom stereocenters. The first kappa shape index (κ1) is 8.72. The van der Waals surface area contributed by atoms with Crippen LogP contribution < -0.4 is 5.73 Å². The van der Waals surface area contributed by atoms with Crippen LogP contribution in [0.25, 0.3) is 0 Å². The summed E-state index contributed by atoms with van der Waals surface area (Å²) < 4.78 is 0. The summed E-state index contributed by atoms with van der Waals surface area (Å²) in [6, 6.07) is 0.303. The third-order valence-electron chi connectivity index (χ3n) is 2.39. The van der Waals surface area contributed by atoms with Crippen LogP contribution in [0.5, 0.6) is 0 Å². The molecule has 1 aliphatic rings. The van der Waals surface area contributed by atoms with Crippen molar-refractivity contribution in [2.75, 3.05) is 6.54 Å². The Morgan fingerprint density at radius 2 is 2.27 bits per heavy atom. The third-order valence-corrected chi connectivity index (χ3v) is 2.39. The molecule has 0 aromatic carbocycles. The monoisotopic (exact) mass is 154 g/mol. The van der Waals surface area contributed by atoms with Crippen LogP contribution in [0, 0.1) is 5.41 Å². The van der Waals surface area contributed by atoms with Gasteiger partial charge >= 0.3 is 0 Å². The number of nitrogens with zero attached hydrogens (tertiary/aromatic N) is 1. The van der Waals surface area contributed by atoms with Gasteiger partial charge in [-0.3, -0.25) is 4.99 Å². The molecule has 0 heterocycles. The van der Waals surface area contributed by atoms with Gasteiger partial charge < -0.3 is 5.73 Å². The molecule has 2 N–H and O–H groups in total. The molecule has 2 nitrogen and oxygen atoms in total. The number of rotatable bonds is 4. The van der Waals surface area contributed by atoms with Crippen LogP contribution in [0.4, 0.5) is 0 Å². The highest BCUT2D eigenvalue weighted by molar-refractivity contribution is 5.59. The molecule has 0 spiro atoms. The molecule has 1 atom stereocenters. The van der Waals surface area contributed by atoms with Gasteiger partial charge in [0.25, 0.3) is 0 Å². The molecule has 1 rings (SSSR count). The Morgan fingerprint density at radius 3 is 2.73 bits per heavy atom. The molecule has 0 aromatic rings. The lowest BCUT2D eigenvalue weighted by atomic mass is 10.1. The maximum absolute atomic E-state index is 5.42. The van der Waals surface area contributed by atoms with Crippen LogP contribution >= 0.6 is 0 Å². The summed E-state index contributed by atoms with van der Waals surface area (Å²) in [5, 5.41) is 0. The molecule has 1 saturated carbocycles. The lowest BCUT2D eigenvalue weighted by Crippen LogP contribution is -2.14. The Kier molecular flexibility index (Phi) is 2.66. The summed E-state index contributed by atoms with van der Waals surface area (Å²) in [7, 11) is 0. The Balaban J connectivity index is 2.15. The molecule has 1 aliphatic carbocycles. The van der Waals surface area contributed by atoms with E-state index in [2.05, 4.69) is 11.9 Å². The van der Waals surface area contributed by atoms with Crippen LogP contribution in [-0.4, -0.2) is 18.8 Å². The van der Waals surface area contributed by atoms with Crippen molar-refractivity contribution in [3.8, 4) is 0 Å². The molecule has 0 radical (unpaired) electrons. The fraction of sp³-hybridized carbons (Fsp3) is 0.889.